The highest BCUT2D eigenvalue weighted by Gasteiger charge is 2.33. The zero-order chi connectivity index (χ0) is 39.6. The summed E-state index contributed by atoms with van der Waals surface area (Å²) in [6.07, 6.45) is 3.25. The number of hydrogen-bond acceptors (Lipinski definition) is 9. The fourth-order valence-electron chi connectivity index (χ4n) is 6.60. The molecule has 0 bridgehead atoms. The van der Waals surface area contributed by atoms with Crippen molar-refractivity contribution in [3.63, 3.8) is 0 Å². The van der Waals surface area contributed by atoms with Gasteiger partial charge in [0.25, 0.3) is 0 Å². The van der Waals surface area contributed by atoms with Crippen LogP contribution in [0.1, 0.15) is 52.2 Å². The predicted octanol–water partition coefficient (Wildman–Crippen LogP) is 7.49. The first kappa shape index (κ1) is 40.0. The Kier molecular flexibility index (Phi) is 13.2. The third-order valence-electron chi connectivity index (χ3n) is 9.67. The van der Waals surface area contributed by atoms with Crippen molar-refractivity contribution >= 4 is 27.7 Å². The van der Waals surface area contributed by atoms with Crippen molar-refractivity contribution in [3.05, 3.63) is 179 Å². The molecule has 0 radical (unpaired) electrons. The number of hydrogen-bond donors (Lipinski definition) is 3. The van der Waals surface area contributed by atoms with E-state index in [-0.39, 0.29) is 36.7 Å². The van der Waals surface area contributed by atoms with Gasteiger partial charge in [-0.1, -0.05) is 120 Å². The van der Waals surface area contributed by atoms with Crippen LogP contribution in [-0.4, -0.2) is 47.3 Å². The summed E-state index contributed by atoms with van der Waals surface area (Å²) in [6, 6.07) is 40.4. The molecule has 5 aromatic carbocycles. The molecule has 1 amide bonds. The number of carbonyl (C=O) groups is 1. The van der Waals surface area contributed by atoms with Crippen LogP contribution in [0.3, 0.4) is 0 Å². The highest BCUT2D eigenvalue weighted by molar-refractivity contribution is 7.99. The first-order valence-corrected chi connectivity index (χ1v) is 21.2. The third-order valence-corrected chi connectivity index (χ3v) is 12.2. The summed E-state index contributed by atoms with van der Waals surface area (Å²) in [6.45, 7) is 2.05. The second-order valence-corrected chi connectivity index (χ2v) is 16.6. The number of nitrogens with one attached hydrogen (secondary N) is 2. The summed E-state index contributed by atoms with van der Waals surface area (Å²) in [5.74, 6) is 0.211. The van der Waals surface area contributed by atoms with Gasteiger partial charge in [0, 0.05) is 36.7 Å². The minimum Gasteiger partial charge on any atom is -0.392 e. The summed E-state index contributed by atoms with van der Waals surface area (Å²) in [7, 11) is -3.97. The number of aliphatic hydroxyl groups is 1. The lowest BCUT2D eigenvalue weighted by atomic mass is 9.99. The molecule has 7 rings (SSSR count). The summed E-state index contributed by atoms with van der Waals surface area (Å²) >= 11 is 1.54. The SMILES string of the molecule is Cc1ccc(S(=O)(=O)NC(Cc2ccccc2)C(=O)NCc2cccc(-c3cccc(C4OC(CSc5ncccn5)CC(c5ccc(CO)cc5)O4)c3)c2)cc1. The van der Waals surface area contributed by atoms with E-state index in [2.05, 4.69) is 26.1 Å². The largest absolute Gasteiger partial charge is 0.392 e. The van der Waals surface area contributed by atoms with Gasteiger partial charge in [0.2, 0.25) is 15.9 Å². The molecule has 12 heteroatoms. The lowest BCUT2D eigenvalue weighted by molar-refractivity contribution is -0.245. The average Bonchev–Trinajstić information content (AvgIpc) is 3.25. The van der Waals surface area contributed by atoms with Crippen LogP contribution in [0.5, 0.6) is 0 Å². The number of aromatic nitrogens is 2. The molecule has 1 aromatic heterocycles. The lowest BCUT2D eigenvalue weighted by Crippen LogP contribution is -2.47. The van der Waals surface area contributed by atoms with Crippen LogP contribution < -0.4 is 10.0 Å². The van der Waals surface area contributed by atoms with Crippen molar-refractivity contribution in [1.82, 2.24) is 20.0 Å². The van der Waals surface area contributed by atoms with Crippen LogP contribution >= 0.6 is 11.8 Å². The molecule has 6 aromatic rings. The van der Waals surface area contributed by atoms with E-state index in [1.165, 1.54) is 23.9 Å². The maximum atomic E-state index is 13.7. The number of sulfonamides is 1. The molecule has 0 spiro atoms. The number of aryl methyl sites for hydroxylation is 1. The van der Waals surface area contributed by atoms with Gasteiger partial charge >= 0.3 is 0 Å². The quantitative estimate of drug-likeness (QED) is 0.0713. The van der Waals surface area contributed by atoms with Gasteiger partial charge in [0.05, 0.1) is 23.7 Å². The molecule has 1 aliphatic heterocycles. The Morgan fingerprint density at radius 3 is 2.23 bits per heavy atom. The molecule has 1 aliphatic rings. The van der Waals surface area contributed by atoms with E-state index in [0.717, 1.165) is 44.5 Å². The number of amides is 1. The van der Waals surface area contributed by atoms with Gasteiger partial charge in [-0.25, -0.2) is 18.4 Å². The van der Waals surface area contributed by atoms with E-state index in [0.29, 0.717) is 17.3 Å². The van der Waals surface area contributed by atoms with Crippen molar-refractivity contribution in [1.29, 1.82) is 0 Å². The second kappa shape index (κ2) is 18.8. The molecule has 0 saturated carbocycles. The molecule has 4 atom stereocenters. The molecule has 0 aliphatic carbocycles. The normalized spacial score (nSPS) is 17.5. The van der Waals surface area contributed by atoms with Crippen molar-refractivity contribution in [2.45, 2.75) is 67.5 Å². The smallest absolute Gasteiger partial charge is 0.241 e. The number of carbonyl (C=O) groups excluding carboxylic acids is 1. The number of ether oxygens (including phenoxy) is 2. The Hall–Kier alpha value is -5.21. The van der Waals surface area contributed by atoms with Crippen LogP contribution in [0.15, 0.2) is 156 Å². The number of benzene rings is 5. The summed E-state index contributed by atoms with van der Waals surface area (Å²) in [4.78, 5) is 22.5. The van der Waals surface area contributed by atoms with E-state index < -0.39 is 28.3 Å². The fourth-order valence-corrected chi connectivity index (χ4v) is 8.61. The van der Waals surface area contributed by atoms with Gasteiger partial charge in [-0.3, -0.25) is 4.79 Å². The zero-order valence-electron chi connectivity index (χ0n) is 31.4. The molecule has 292 valence electrons. The van der Waals surface area contributed by atoms with Crippen molar-refractivity contribution in [2.75, 3.05) is 5.75 Å². The lowest BCUT2D eigenvalue weighted by Gasteiger charge is -2.36. The van der Waals surface area contributed by atoms with Crippen molar-refractivity contribution in [2.24, 2.45) is 0 Å². The predicted molar refractivity (Wildman–Crippen MR) is 220 cm³/mol. The summed E-state index contributed by atoms with van der Waals surface area (Å²) in [5, 5.41) is 13.2. The molecular formula is C45H44N4O6S2. The monoisotopic (exact) mass is 800 g/mol. The van der Waals surface area contributed by atoms with Gasteiger partial charge < -0.3 is 19.9 Å². The van der Waals surface area contributed by atoms with E-state index >= 15 is 0 Å². The number of nitrogens with zero attached hydrogens (tertiary/aromatic N) is 2. The molecule has 57 heavy (non-hydrogen) atoms. The highest BCUT2D eigenvalue weighted by atomic mass is 32.2. The Balaban J connectivity index is 1.06. The van der Waals surface area contributed by atoms with E-state index in [1.54, 1.807) is 30.6 Å². The van der Waals surface area contributed by atoms with Crippen LogP contribution in [0, 0.1) is 6.92 Å². The van der Waals surface area contributed by atoms with Gasteiger partial charge in [-0.15, -0.1) is 0 Å². The topological polar surface area (TPSA) is 140 Å². The molecule has 1 saturated heterocycles. The number of aliphatic hydroxyl groups excluding tert-OH is 1. The summed E-state index contributed by atoms with van der Waals surface area (Å²) < 4.78 is 42.6. The first-order chi connectivity index (χ1) is 27.7. The van der Waals surface area contributed by atoms with Gasteiger partial charge in [-0.2, -0.15) is 4.72 Å². The number of thioether (sulfide) groups is 1. The average molecular weight is 801 g/mol. The molecule has 2 heterocycles. The van der Waals surface area contributed by atoms with Gasteiger partial charge in [-0.05, 0) is 77.1 Å². The standard InChI is InChI=1S/C45H44N4O6S2/c1-31-14-20-40(21-15-31)57(52,53)49-41(25-32-8-3-2-4-9-32)43(51)48-28-34-10-5-11-36(24-34)37-12-6-13-38(26-37)44-54-39(30-56-45-46-22-7-23-47-45)27-42(55-44)35-18-16-33(29-50)17-19-35/h2-24,26,39,41-42,44,49-50H,25,27-30H2,1H3,(H,48,51). The van der Waals surface area contributed by atoms with Crippen LogP contribution in [-0.2, 0) is 43.9 Å². The Bertz CT molecular complexity index is 2350. The fraction of sp³-hybridized carbons (Fsp3) is 0.222. The van der Waals surface area contributed by atoms with E-state index in [4.69, 9.17) is 9.47 Å². The summed E-state index contributed by atoms with van der Waals surface area (Å²) in [5.41, 5.74) is 7.19. The first-order valence-electron chi connectivity index (χ1n) is 18.7. The van der Waals surface area contributed by atoms with Crippen molar-refractivity contribution in [3.8, 4) is 11.1 Å². The molecular weight excluding hydrogens is 757 g/mol. The highest BCUT2D eigenvalue weighted by Crippen LogP contribution is 2.40. The molecule has 4 unspecified atom stereocenters. The maximum Gasteiger partial charge on any atom is 0.241 e. The van der Waals surface area contributed by atoms with E-state index in [9.17, 15) is 18.3 Å². The van der Waals surface area contributed by atoms with Crippen molar-refractivity contribution < 1.29 is 27.8 Å². The molecule has 3 N–H and O–H groups in total. The Morgan fingerprint density at radius 2 is 1.49 bits per heavy atom. The van der Waals surface area contributed by atoms with E-state index in [1.807, 2.05) is 104 Å². The minimum atomic E-state index is -3.97. The third kappa shape index (κ3) is 10.8. The van der Waals surface area contributed by atoms with Gasteiger partial charge in [0.1, 0.15) is 6.04 Å². The molecule has 1 fully saturated rings. The molecule has 10 nitrogen and oxygen atoms in total. The minimum absolute atomic E-state index is 0.0287. The second-order valence-electron chi connectivity index (χ2n) is 13.9. The van der Waals surface area contributed by atoms with Crippen LogP contribution in [0.4, 0.5) is 0 Å². The van der Waals surface area contributed by atoms with Crippen LogP contribution in [0.25, 0.3) is 11.1 Å². The van der Waals surface area contributed by atoms with Gasteiger partial charge in [0.15, 0.2) is 11.4 Å². The Morgan fingerprint density at radius 1 is 0.789 bits per heavy atom. The Labute approximate surface area is 337 Å². The van der Waals surface area contributed by atoms with Crippen LogP contribution in [0.2, 0.25) is 0 Å². The maximum absolute atomic E-state index is 13.7. The number of rotatable bonds is 15. The zero-order valence-corrected chi connectivity index (χ0v) is 33.0.